The molecule has 0 aliphatic heterocycles. The zero-order valence-corrected chi connectivity index (χ0v) is 15.8. The summed E-state index contributed by atoms with van der Waals surface area (Å²) in [5, 5.41) is 11.0. The van der Waals surface area contributed by atoms with Crippen LogP contribution < -0.4 is 10.6 Å². The van der Waals surface area contributed by atoms with Crippen LogP contribution in [0.15, 0.2) is 48.8 Å². The fourth-order valence-corrected chi connectivity index (χ4v) is 2.81. The fourth-order valence-electron chi connectivity index (χ4n) is 2.60. The molecule has 8 heteroatoms. The van der Waals surface area contributed by atoms with E-state index in [1.807, 2.05) is 49.5 Å². The van der Waals surface area contributed by atoms with Gasteiger partial charge in [0.05, 0.1) is 0 Å². The lowest BCUT2D eigenvalue weighted by molar-refractivity contribution is -0.120. The van der Waals surface area contributed by atoms with Gasteiger partial charge in [0.25, 0.3) is 0 Å². The van der Waals surface area contributed by atoms with E-state index in [2.05, 4.69) is 25.7 Å². The maximum absolute atomic E-state index is 12.0. The third-order valence-electron chi connectivity index (χ3n) is 3.85. The predicted octanol–water partition coefficient (Wildman–Crippen LogP) is 2.79. The number of rotatable bonds is 8. The number of nitrogens with one attached hydrogen (secondary N) is 2. The van der Waals surface area contributed by atoms with Crippen LogP contribution in [0.5, 0.6) is 0 Å². The Bertz CT molecular complexity index is 897. The minimum atomic E-state index is 0.00729. The lowest BCUT2D eigenvalue weighted by atomic mass is 10.1. The van der Waals surface area contributed by atoms with Crippen molar-refractivity contribution in [1.82, 2.24) is 25.1 Å². The Balaban J connectivity index is 1.43. The van der Waals surface area contributed by atoms with E-state index in [-0.39, 0.29) is 5.91 Å². The smallest absolute Gasteiger partial charge is 0.220 e. The van der Waals surface area contributed by atoms with E-state index in [9.17, 15) is 4.79 Å². The first-order valence-electron chi connectivity index (χ1n) is 8.71. The van der Waals surface area contributed by atoms with E-state index in [1.54, 1.807) is 10.9 Å². The zero-order chi connectivity index (χ0) is 19.1. The molecule has 7 nitrogen and oxygen atoms in total. The summed E-state index contributed by atoms with van der Waals surface area (Å²) in [5.74, 6) is 2.05. The second kappa shape index (κ2) is 9.14. The van der Waals surface area contributed by atoms with Crippen molar-refractivity contribution in [2.24, 2.45) is 0 Å². The van der Waals surface area contributed by atoms with E-state index in [4.69, 9.17) is 11.6 Å². The first-order valence-corrected chi connectivity index (χ1v) is 9.09. The number of nitrogens with zero attached hydrogens (tertiary/aromatic N) is 4. The molecule has 0 atom stereocenters. The van der Waals surface area contributed by atoms with Crippen LogP contribution in [0.4, 0.5) is 5.82 Å². The SMILES string of the molecule is Cc1nc(NCCNC(=O)CCc2cccc(Cl)c2)cc(-n2cccn2)n1. The molecule has 2 aromatic heterocycles. The van der Waals surface area contributed by atoms with Crippen molar-refractivity contribution in [1.29, 1.82) is 0 Å². The Morgan fingerprint density at radius 3 is 2.85 bits per heavy atom. The summed E-state index contributed by atoms with van der Waals surface area (Å²) in [5.41, 5.74) is 1.05. The van der Waals surface area contributed by atoms with Crippen molar-refractivity contribution in [3.63, 3.8) is 0 Å². The Kier molecular flexibility index (Phi) is 6.38. The van der Waals surface area contributed by atoms with Gasteiger partial charge in [0.2, 0.25) is 5.91 Å². The lowest BCUT2D eigenvalue weighted by Crippen LogP contribution is -2.29. The second-order valence-corrected chi connectivity index (χ2v) is 6.45. The van der Waals surface area contributed by atoms with Gasteiger partial charge in [-0.1, -0.05) is 23.7 Å². The highest BCUT2D eigenvalue weighted by atomic mass is 35.5. The first-order chi connectivity index (χ1) is 13.1. The number of carbonyl (C=O) groups excluding carboxylic acids is 1. The highest BCUT2D eigenvalue weighted by molar-refractivity contribution is 6.30. The third-order valence-corrected chi connectivity index (χ3v) is 4.08. The summed E-state index contributed by atoms with van der Waals surface area (Å²) in [6.45, 7) is 2.90. The van der Waals surface area contributed by atoms with E-state index >= 15 is 0 Å². The van der Waals surface area contributed by atoms with E-state index < -0.39 is 0 Å². The van der Waals surface area contributed by atoms with Crippen LogP contribution in [0.25, 0.3) is 5.82 Å². The van der Waals surface area contributed by atoms with Crippen LogP contribution in [-0.2, 0) is 11.2 Å². The van der Waals surface area contributed by atoms with E-state index in [1.165, 1.54) is 0 Å². The molecule has 1 aromatic carbocycles. The van der Waals surface area contributed by atoms with Gasteiger partial charge in [-0.25, -0.2) is 14.6 Å². The van der Waals surface area contributed by atoms with E-state index in [0.29, 0.717) is 48.4 Å². The van der Waals surface area contributed by atoms with E-state index in [0.717, 1.165) is 5.56 Å². The molecule has 3 rings (SSSR count). The van der Waals surface area contributed by atoms with Crippen LogP contribution >= 0.6 is 11.6 Å². The summed E-state index contributed by atoms with van der Waals surface area (Å²) in [6, 6.07) is 11.2. The predicted molar refractivity (Wildman–Crippen MR) is 105 cm³/mol. The van der Waals surface area contributed by atoms with Crippen LogP contribution in [0, 0.1) is 6.92 Å². The van der Waals surface area contributed by atoms with Crippen molar-refractivity contribution in [3.8, 4) is 5.82 Å². The highest BCUT2D eigenvalue weighted by Crippen LogP contribution is 2.12. The number of carbonyl (C=O) groups is 1. The summed E-state index contributed by atoms with van der Waals surface area (Å²) in [6.07, 6.45) is 4.61. The summed E-state index contributed by atoms with van der Waals surface area (Å²) in [4.78, 5) is 20.7. The maximum Gasteiger partial charge on any atom is 0.220 e. The van der Waals surface area contributed by atoms with Crippen molar-refractivity contribution >= 4 is 23.3 Å². The van der Waals surface area contributed by atoms with Crippen molar-refractivity contribution < 1.29 is 4.79 Å². The lowest BCUT2D eigenvalue weighted by Gasteiger charge is -2.10. The molecule has 2 N–H and O–H groups in total. The first kappa shape index (κ1) is 18.8. The third kappa shape index (κ3) is 5.79. The average molecular weight is 385 g/mol. The summed E-state index contributed by atoms with van der Waals surface area (Å²) >= 11 is 5.95. The quantitative estimate of drug-likeness (QED) is 0.583. The summed E-state index contributed by atoms with van der Waals surface area (Å²) in [7, 11) is 0. The number of hydrogen-bond acceptors (Lipinski definition) is 5. The minimum Gasteiger partial charge on any atom is -0.368 e. The molecule has 0 saturated carbocycles. The van der Waals surface area contributed by atoms with Crippen LogP contribution in [-0.4, -0.2) is 38.7 Å². The van der Waals surface area contributed by atoms with Gasteiger partial charge in [-0.2, -0.15) is 5.10 Å². The number of amides is 1. The highest BCUT2D eigenvalue weighted by Gasteiger charge is 2.05. The molecule has 2 heterocycles. The Labute approximate surface area is 162 Å². The molecule has 0 radical (unpaired) electrons. The van der Waals surface area contributed by atoms with Gasteiger partial charge in [-0.3, -0.25) is 4.79 Å². The molecule has 27 heavy (non-hydrogen) atoms. The molecule has 3 aromatic rings. The Morgan fingerprint density at radius 2 is 2.07 bits per heavy atom. The van der Waals surface area contributed by atoms with Crippen LogP contribution in [0.2, 0.25) is 5.02 Å². The molecule has 0 fully saturated rings. The molecule has 1 amide bonds. The molecule has 0 saturated heterocycles. The Morgan fingerprint density at radius 1 is 1.19 bits per heavy atom. The molecule has 0 aliphatic rings. The maximum atomic E-state index is 12.0. The monoisotopic (exact) mass is 384 g/mol. The molecular weight excluding hydrogens is 364 g/mol. The Hall–Kier alpha value is -2.93. The van der Waals surface area contributed by atoms with Gasteiger partial charge in [-0.15, -0.1) is 0 Å². The average Bonchev–Trinajstić information content (AvgIpc) is 3.18. The fraction of sp³-hybridized carbons (Fsp3) is 0.263. The largest absolute Gasteiger partial charge is 0.368 e. The number of aryl methyl sites for hydroxylation is 2. The van der Waals surface area contributed by atoms with Gasteiger partial charge in [-0.05, 0) is 37.1 Å². The minimum absolute atomic E-state index is 0.00729. The zero-order valence-electron chi connectivity index (χ0n) is 15.0. The van der Waals surface area contributed by atoms with Crippen molar-refractivity contribution in [2.75, 3.05) is 18.4 Å². The van der Waals surface area contributed by atoms with Crippen molar-refractivity contribution in [3.05, 3.63) is 65.2 Å². The number of hydrogen-bond donors (Lipinski definition) is 2. The molecular formula is C19H21ClN6O. The normalized spacial score (nSPS) is 10.6. The standard InChI is InChI=1S/C19H21ClN6O/c1-14-24-17(13-18(25-14)26-11-3-8-23-26)21-9-10-22-19(27)7-6-15-4-2-5-16(20)12-15/h2-5,8,11-13H,6-7,9-10H2,1H3,(H,22,27)(H,21,24,25). The number of halogens is 1. The van der Waals surface area contributed by atoms with Crippen molar-refractivity contribution in [2.45, 2.75) is 19.8 Å². The topological polar surface area (TPSA) is 84.7 Å². The van der Waals surface area contributed by atoms with Crippen LogP contribution in [0.1, 0.15) is 17.8 Å². The number of anilines is 1. The number of benzene rings is 1. The molecule has 0 unspecified atom stereocenters. The van der Waals surface area contributed by atoms with Gasteiger partial charge in [0.15, 0.2) is 5.82 Å². The summed E-state index contributed by atoms with van der Waals surface area (Å²) < 4.78 is 1.68. The van der Waals surface area contributed by atoms with Gasteiger partial charge in [0, 0.05) is 43.0 Å². The molecule has 140 valence electrons. The number of aromatic nitrogens is 4. The van der Waals surface area contributed by atoms with Gasteiger partial charge in [0.1, 0.15) is 11.6 Å². The van der Waals surface area contributed by atoms with Gasteiger partial charge >= 0.3 is 0 Å². The molecule has 0 bridgehead atoms. The van der Waals surface area contributed by atoms with Crippen LogP contribution in [0.3, 0.4) is 0 Å². The molecule has 0 aliphatic carbocycles. The van der Waals surface area contributed by atoms with Gasteiger partial charge < -0.3 is 10.6 Å². The molecule has 0 spiro atoms. The second-order valence-electron chi connectivity index (χ2n) is 6.02.